The lowest BCUT2D eigenvalue weighted by molar-refractivity contribution is -0.142. The summed E-state index contributed by atoms with van der Waals surface area (Å²) in [5.41, 5.74) is 3.04. The zero-order valence-corrected chi connectivity index (χ0v) is 14.7. The van der Waals surface area contributed by atoms with Gasteiger partial charge in [0.2, 0.25) is 0 Å². The summed E-state index contributed by atoms with van der Waals surface area (Å²) in [5, 5.41) is 0. The lowest BCUT2D eigenvalue weighted by Crippen LogP contribution is -2.09. The van der Waals surface area contributed by atoms with Gasteiger partial charge in [-0.1, -0.05) is 67.6 Å². The number of ether oxygens (including phenoxy) is 1. The fourth-order valence-corrected chi connectivity index (χ4v) is 2.51. The molecule has 0 N–H and O–H groups in total. The molecule has 2 aliphatic rings. The van der Waals surface area contributed by atoms with E-state index in [-0.39, 0.29) is 5.97 Å². The smallest absolute Gasteiger partial charge is 0.305 e. The molecule has 0 unspecified atom stereocenters. The van der Waals surface area contributed by atoms with Crippen LogP contribution in [-0.2, 0) is 9.53 Å². The molecular formula is C22H25NO2. The van der Waals surface area contributed by atoms with Crippen LogP contribution in [0, 0.1) is 11.8 Å². The quantitative estimate of drug-likeness (QED) is 0.443. The molecule has 2 aromatic carbocycles. The average molecular weight is 335 g/mol. The highest BCUT2D eigenvalue weighted by Gasteiger charge is 2.52. The maximum absolute atomic E-state index is 11.1. The number of benzene rings is 2. The molecule has 3 heteroatoms. The Balaban J connectivity index is 0.000000387. The van der Waals surface area contributed by atoms with E-state index in [1.807, 2.05) is 60.7 Å². The molecule has 0 aromatic heterocycles. The fourth-order valence-electron chi connectivity index (χ4n) is 2.51. The molecule has 0 amide bonds. The maximum atomic E-state index is 11.1. The summed E-state index contributed by atoms with van der Waals surface area (Å²) in [7, 11) is 0. The van der Waals surface area contributed by atoms with Crippen molar-refractivity contribution in [1.82, 2.24) is 0 Å². The summed E-state index contributed by atoms with van der Waals surface area (Å²) in [6.07, 6.45) is 3.56. The van der Waals surface area contributed by atoms with Gasteiger partial charge in [0.05, 0.1) is 12.3 Å². The van der Waals surface area contributed by atoms with Crippen LogP contribution < -0.4 is 0 Å². The van der Waals surface area contributed by atoms with E-state index in [0.717, 1.165) is 16.8 Å². The van der Waals surface area contributed by atoms with E-state index in [2.05, 4.69) is 4.99 Å². The van der Waals surface area contributed by atoms with Crippen molar-refractivity contribution in [1.29, 1.82) is 0 Å². The Morgan fingerprint density at radius 2 is 1.44 bits per heavy atom. The van der Waals surface area contributed by atoms with Crippen molar-refractivity contribution in [3.8, 4) is 0 Å². The maximum Gasteiger partial charge on any atom is 0.305 e. The summed E-state index contributed by atoms with van der Waals surface area (Å²) < 4.78 is 5.07. The molecule has 2 fully saturated rings. The van der Waals surface area contributed by atoms with Crippen LogP contribution in [0.5, 0.6) is 0 Å². The average Bonchev–Trinajstić information content (AvgIpc) is 3.56. The van der Waals surface area contributed by atoms with Gasteiger partial charge in [-0.2, -0.15) is 0 Å². The first-order valence-corrected chi connectivity index (χ1v) is 9.09. The molecule has 0 aliphatic heterocycles. The van der Waals surface area contributed by atoms with Gasteiger partial charge in [-0.3, -0.25) is 9.79 Å². The first-order chi connectivity index (χ1) is 12.3. The van der Waals surface area contributed by atoms with E-state index in [9.17, 15) is 4.79 Å². The fraction of sp³-hybridized carbons (Fsp3) is 0.364. The van der Waals surface area contributed by atoms with Crippen LogP contribution in [0.15, 0.2) is 65.7 Å². The molecule has 0 bridgehead atoms. The topological polar surface area (TPSA) is 38.7 Å². The lowest BCUT2D eigenvalue weighted by Gasteiger charge is -2.08. The minimum absolute atomic E-state index is 0.189. The van der Waals surface area contributed by atoms with Gasteiger partial charge in [0.25, 0.3) is 0 Å². The summed E-state index contributed by atoms with van der Waals surface area (Å²) in [6.45, 7) is 2.56. The molecule has 3 nitrogen and oxygen atoms in total. The normalized spacial score (nSPS) is 18.9. The van der Waals surface area contributed by atoms with Crippen molar-refractivity contribution in [2.45, 2.75) is 26.2 Å². The molecule has 4 rings (SSSR count). The van der Waals surface area contributed by atoms with Crippen LogP contribution in [-0.4, -0.2) is 24.8 Å². The van der Waals surface area contributed by atoms with Gasteiger partial charge in [0, 0.05) is 17.5 Å². The number of nitrogens with zero attached hydrogens (tertiary/aromatic N) is 1. The predicted octanol–water partition coefficient (Wildman–Crippen LogP) is 4.50. The lowest BCUT2D eigenvalue weighted by atomic mass is 10.0. The van der Waals surface area contributed by atoms with Gasteiger partial charge in [-0.15, -0.1) is 0 Å². The van der Waals surface area contributed by atoms with Gasteiger partial charge < -0.3 is 4.74 Å². The second-order valence-corrected chi connectivity index (χ2v) is 6.53. The molecule has 0 radical (unpaired) electrons. The van der Waals surface area contributed by atoms with Crippen LogP contribution in [0.25, 0.3) is 0 Å². The SMILES string of the molecule is C1C2CC12.CCC(=O)OCCN=C(c1ccccc1)c1ccccc1. The first-order valence-electron chi connectivity index (χ1n) is 9.09. The largest absolute Gasteiger partial charge is 0.464 e. The summed E-state index contributed by atoms with van der Waals surface area (Å²) >= 11 is 0. The highest BCUT2D eigenvalue weighted by molar-refractivity contribution is 6.12. The molecule has 0 atom stereocenters. The Hall–Kier alpha value is -2.42. The molecule has 130 valence electrons. The first kappa shape index (κ1) is 17.4. The van der Waals surface area contributed by atoms with E-state index >= 15 is 0 Å². The van der Waals surface area contributed by atoms with E-state index in [0.29, 0.717) is 19.6 Å². The summed E-state index contributed by atoms with van der Waals surface area (Å²) in [5.74, 6) is 2.31. The van der Waals surface area contributed by atoms with Crippen molar-refractivity contribution in [3.63, 3.8) is 0 Å². The zero-order valence-electron chi connectivity index (χ0n) is 14.7. The van der Waals surface area contributed by atoms with E-state index in [4.69, 9.17) is 4.74 Å². The second-order valence-electron chi connectivity index (χ2n) is 6.53. The molecule has 2 aliphatic carbocycles. The van der Waals surface area contributed by atoms with Crippen molar-refractivity contribution in [3.05, 3.63) is 71.8 Å². The Morgan fingerprint density at radius 3 is 1.84 bits per heavy atom. The molecule has 0 saturated heterocycles. The Kier molecular flexibility index (Phi) is 5.99. The third kappa shape index (κ3) is 5.56. The van der Waals surface area contributed by atoms with Crippen molar-refractivity contribution in [2.24, 2.45) is 16.8 Å². The minimum Gasteiger partial charge on any atom is -0.464 e. The molecule has 2 aromatic rings. The highest BCUT2D eigenvalue weighted by atomic mass is 16.5. The number of carbonyl (C=O) groups is 1. The molecule has 0 spiro atoms. The molecule has 0 heterocycles. The van der Waals surface area contributed by atoms with Crippen LogP contribution in [0.1, 0.15) is 37.3 Å². The van der Waals surface area contributed by atoms with Gasteiger partial charge >= 0.3 is 5.97 Å². The van der Waals surface area contributed by atoms with Crippen LogP contribution in [0.3, 0.4) is 0 Å². The standard InChI is InChI=1S/C18H19NO2.C4H6/c1-2-17(20)21-14-13-19-18(15-9-5-3-6-10-15)16-11-7-4-8-12-16;1-3-2-4(1)3/h3-12H,2,13-14H2,1H3;3-4H,1-2H2. The van der Waals surface area contributed by atoms with E-state index in [1.165, 1.54) is 11.8 Å². The summed E-state index contributed by atoms with van der Waals surface area (Å²) in [6, 6.07) is 20.1. The number of rotatable bonds is 6. The Labute approximate surface area is 149 Å². The number of hydrogen-bond acceptors (Lipinski definition) is 3. The zero-order chi connectivity index (χ0) is 17.5. The van der Waals surface area contributed by atoms with Crippen molar-refractivity contribution in [2.75, 3.05) is 13.2 Å². The molecule has 25 heavy (non-hydrogen) atoms. The van der Waals surface area contributed by atoms with E-state index in [1.54, 1.807) is 19.8 Å². The Bertz CT molecular complexity index is 656. The monoisotopic (exact) mass is 335 g/mol. The van der Waals surface area contributed by atoms with Crippen molar-refractivity contribution < 1.29 is 9.53 Å². The van der Waals surface area contributed by atoms with Crippen LogP contribution in [0.4, 0.5) is 0 Å². The van der Waals surface area contributed by atoms with E-state index < -0.39 is 0 Å². The number of hydrogen-bond donors (Lipinski definition) is 0. The molecule has 2 saturated carbocycles. The number of carbonyl (C=O) groups excluding carboxylic acids is 1. The number of aliphatic imine (C=N–C) groups is 1. The third-order valence-corrected chi connectivity index (χ3v) is 4.48. The van der Waals surface area contributed by atoms with Gasteiger partial charge in [0.1, 0.15) is 6.61 Å². The van der Waals surface area contributed by atoms with Crippen LogP contribution in [0.2, 0.25) is 0 Å². The summed E-state index contributed by atoms with van der Waals surface area (Å²) in [4.78, 5) is 15.7. The third-order valence-electron chi connectivity index (χ3n) is 4.48. The minimum atomic E-state index is -0.189. The molecular weight excluding hydrogens is 310 g/mol. The number of fused-ring (bicyclic) bond motifs is 1. The second kappa shape index (κ2) is 8.61. The van der Waals surface area contributed by atoms with Crippen molar-refractivity contribution >= 4 is 11.7 Å². The van der Waals surface area contributed by atoms with Gasteiger partial charge in [-0.05, 0) is 24.7 Å². The van der Waals surface area contributed by atoms with Gasteiger partial charge in [0.15, 0.2) is 0 Å². The predicted molar refractivity (Wildman–Crippen MR) is 101 cm³/mol. The highest BCUT2D eigenvalue weighted by Crippen LogP contribution is 2.62. The number of esters is 1. The Morgan fingerprint density at radius 1 is 0.960 bits per heavy atom. The van der Waals surface area contributed by atoms with Crippen LogP contribution >= 0.6 is 0 Å². The van der Waals surface area contributed by atoms with Gasteiger partial charge in [-0.25, -0.2) is 0 Å².